The summed E-state index contributed by atoms with van der Waals surface area (Å²) in [5.41, 5.74) is 1.05. The quantitative estimate of drug-likeness (QED) is 0.878. The van der Waals surface area contributed by atoms with E-state index in [-0.39, 0.29) is 18.6 Å². The standard InChI is InChI=1S/C18H28N2O2/c1-13(2)16-5-4-14(3)10-17(16)22-12-18(21)20-11-15-6-8-19-9-7-15/h6-9,13-14,16-17H,4-5,10-12H2,1-3H3,(H,20,21). The molecule has 3 atom stereocenters. The van der Waals surface area contributed by atoms with Crippen molar-refractivity contribution in [3.8, 4) is 0 Å². The molecule has 1 aromatic rings. The minimum atomic E-state index is -0.0439. The summed E-state index contributed by atoms with van der Waals surface area (Å²) in [5, 5.41) is 2.90. The lowest BCUT2D eigenvalue weighted by Crippen LogP contribution is -2.37. The van der Waals surface area contributed by atoms with E-state index in [9.17, 15) is 4.79 Å². The first-order chi connectivity index (χ1) is 10.6. The average Bonchev–Trinajstić information content (AvgIpc) is 2.51. The molecule has 1 amide bonds. The predicted octanol–water partition coefficient (Wildman–Crippen LogP) is 3.18. The summed E-state index contributed by atoms with van der Waals surface area (Å²) in [5.74, 6) is 1.83. The molecule has 4 nitrogen and oxygen atoms in total. The topological polar surface area (TPSA) is 51.2 Å². The monoisotopic (exact) mass is 304 g/mol. The normalized spacial score (nSPS) is 25.2. The van der Waals surface area contributed by atoms with Crippen LogP contribution in [0, 0.1) is 17.8 Å². The zero-order valence-corrected chi connectivity index (χ0v) is 13.9. The average molecular weight is 304 g/mol. The maximum atomic E-state index is 12.0. The number of carbonyl (C=O) groups excluding carboxylic acids is 1. The van der Waals surface area contributed by atoms with Crippen LogP contribution < -0.4 is 5.32 Å². The van der Waals surface area contributed by atoms with Gasteiger partial charge in [-0.2, -0.15) is 0 Å². The van der Waals surface area contributed by atoms with E-state index in [0.717, 1.165) is 12.0 Å². The molecule has 0 saturated heterocycles. The summed E-state index contributed by atoms with van der Waals surface area (Å²) in [6.45, 7) is 7.46. The van der Waals surface area contributed by atoms with E-state index in [2.05, 4.69) is 31.1 Å². The van der Waals surface area contributed by atoms with Crippen molar-refractivity contribution < 1.29 is 9.53 Å². The van der Waals surface area contributed by atoms with E-state index >= 15 is 0 Å². The smallest absolute Gasteiger partial charge is 0.246 e. The van der Waals surface area contributed by atoms with Crippen LogP contribution in [0.2, 0.25) is 0 Å². The molecule has 1 aromatic heterocycles. The number of rotatable bonds is 6. The Labute approximate surface area is 133 Å². The third-order valence-corrected chi connectivity index (χ3v) is 4.63. The molecule has 0 spiro atoms. The second-order valence-corrected chi connectivity index (χ2v) is 6.81. The van der Waals surface area contributed by atoms with Crippen molar-refractivity contribution in [1.29, 1.82) is 0 Å². The molecule has 1 heterocycles. The van der Waals surface area contributed by atoms with Gasteiger partial charge in [0, 0.05) is 18.9 Å². The molecule has 1 N–H and O–H groups in total. The zero-order chi connectivity index (χ0) is 15.9. The Hall–Kier alpha value is -1.42. The van der Waals surface area contributed by atoms with Gasteiger partial charge < -0.3 is 10.1 Å². The van der Waals surface area contributed by atoms with Gasteiger partial charge in [-0.05, 0) is 48.3 Å². The Morgan fingerprint density at radius 1 is 1.36 bits per heavy atom. The second-order valence-electron chi connectivity index (χ2n) is 6.81. The van der Waals surface area contributed by atoms with Crippen molar-refractivity contribution in [2.45, 2.75) is 52.7 Å². The van der Waals surface area contributed by atoms with Gasteiger partial charge in [0.1, 0.15) is 6.61 Å². The number of aromatic nitrogens is 1. The van der Waals surface area contributed by atoms with Gasteiger partial charge in [0.25, 0.3) is 0 Å². The number of hydrogen-bond acceptors (Lipinski definition) is 3. The third-order valence-electron chi connectivity index (χ3n) is 4.63. The molecule has 0 bridgehead atoms. The highest BCUT2D eigenvalue weighted by molar-refractivity contribution is 5.77. The van der Waals surface area contributed by atoms with Crippen molar-refractivity contribution in [2.24, 2.45) is 17.8 Å². The number of carbonyl (C=O) groups is 1. The first kappa shape index (κ1) is 16.9. The number of pyridine rings is 1. The van der Waals surface area contributed by atoms with Gasteiger partial charge in [0.15, 0.2) is 0 Å². The first-order valence-corrected chi connectivity index (χ1v) is 8.33. The Bertz CT molecular complexity index is 461. The van der Waals surface area contributed by atoms with Crippen molar-refractivity contribution >= 4 is 5.91 Å². The van der Waals surface area contributed by atoms with Crippen molar-refractivity contribution in [3.05, 3.63) is 30.1 Å². The van der Waals surface area contributed by atoms with Gasteiger partial charge in [0.2, 0.25) is 5.91 Å². The predicted molar refractivity (Wildman–Crippen MR) is 87.2 cm³/mol. The van der Waals surface area contributed by atoms with E-state index in [1.807, 2.05) is 12.1 Å². The van der Waals surface area contributed by atoms with Gasteiger partial charge in [-0.3, -0.25) is 9.78 Å². The maximum absolute atomic E-state index is 12.0. The highest BCUT2D eigenvalue weighted by Crippen LogP contribution is 2.35. The van der Waals surface area contributed by atoms with Crippen LogP contribution in [0.4, 0.5) is 0 Å². The number of amides is 1. The fourth-order valence-corrected chi connectivity index (χ4v) is 3.24. The van der Waals surface area contributed by atoms with Gasteiger partial charge >= 0.3 is 0 Å². The molecule has 1 aliphatic carbocycles. The summed E-state index contributed by atoms with van der Waals surface area (Å²) in [6.07, 6.45) is 7.23. The lowest BCUT2D eigenvalue weighted by molar-refractivity contribution is -0.131. The lowest BCUT2D eigenvalue weighted by atomic mass is 9.75. The molecule has 1 aliphatic rings. The Kier molecular flexibility index (Phi) is 6.37. The molecule has 2 rings (SSSR count). The molecular weight excluding hydrogens is 276 g/mol. The van der Waals surface area contributed by atoms with Crippen LogP contribution in [0.1, 0.15) is 45.6 Å². The van der Waals surface area contributed by atoms with E-state index in [1.54, 1.807) is 12.4 Å². The second kappa shape index (κ2) is 8.28. The summed E-state index contributed by atoms with van der Waals surface area (Å²) in [7, 11) is 0. The number of hydrogen-bond donors (Lipinski definition) is 1. The third kappa shape index (κ3) is 5.09. The summed E-state index contributed by atoms with van der Waals surface area (Å²) < 4.78 is 5.95. The van der Waals surface area contributed by atoms with Crippen LogP contribution in [0.25, 0.3) is 0 Å². The summed E-state index contributed by atoms with van der Waals surface area (Å²) >= 11 is 0. The molecule has 3 unspecified atom stereocenters. The van der Waals surface area contributed by atoms with Gasteiger partial charge in [0.05, 0.1) is 6.10 Å². The molecule has 1 fully saturated rings. The number of nitrogens with one attached hydrogen (secondary N) is 1. The zero-order valence-electron chi connectivity index (χ0n) is 13.9. The van der Waals surface area contributed by atoms with E-state index in [0.29, 0.717) is 24.3 Å². The molecule has 0 aliphatic heterocycles. The largest absolute Gasteiger partial charge is 0.368 e. The van der Waals surface area contributed by atoms with Crippen LogP contribution in [0.5, 0.6) is 0 Å². The molecule has 0 radical (unpaired) electrons. The molecule has 1 saturated carbocycles. The van der Waals surface area contributed by atoms with Crippen molar-refractivity contribution in [2.75, 3.05) is 6.61 Å². The Morgan fingerprint density at radius 3 is 2.77 bits per heavy atom. The van der Waals surface area contributed by atoms with Gasteiger partial charge in [-0.1, -0.05) is 27.2 Å². The van der Waals surface area contributed by atoms with Gasteiger partial charge in [-0.25, -0.2) is 0 Å². The van der Waals surface area contributed by atoms with Crippen molar-refractivity contribution in [1.82, 2.24) is 10.3 Å². The van der Waals surface area contributed by atoms with Crippen LogP contribution in [0.3, 0.4) is 0 Å². The van der Waals surface area contributed by atoms with Crippen LogP contribution in [0.15, 0.2) is 24.5 Å². The molecule has 4 heteroatoms. The Morgan fingerprint density at radius 2 is 2.09 bits per heavy atom. The Balaban J connectivity index is 1.76. The fourth-order valence-electron chi connectivity index (χ4n) is 3.24. The van der Waals surface area contributed by atoms with Crippen LogP contribution in [-0.2, 0) is 16.1 Å². The van der Waals surface area contributed by atoms with Crippen molar-refractivity contribution in [3.63, 3.8) is 0 Å². The molecule has 122 valence electrons. The van der Waals surface area contributed by atoms with E-state index in [4.69, 9.17) is 4.74 Å². The highest BCUT2D eigenvalue weighted by Gasteiger charge is 2.31. The summed E-state index contributed by atoms with van der Waals surface area (Å²) in [4.78, 5) is 15.9. The molecular formula is C18H28N2O2. The number of ether oxygens (including phenoxy) is 1. The highest BCUT2D eigenvalue weighted by atomic mass is 16.5. The maximum Gasteiger partial charge on any atom is 0.246 e. The lowest BCUT2D eigenvalue weighted by Gasteiger charge is -2.37. The van der Waals surface area contributed by atoms with Gasteiger partial charge in [-0.15, -0.1) is 0 Å². The SMILES string of the molecule is CC1CCC(C(C)C)C(OCC(=O)NCc2ccncc2)C1. The minimum Gasteiger partial charge on any atom is -0.368 e. The first-order valence-electron chi connectivity index (χ1n) is 8.33. The van der Waals surface area contributed by atoms with E-state index in [1.165, 1.54) is 12.8 Å². The minimum absolute atomic E-state index is 0.0439. The van der Waals surface area contributed by atoms with Crippen LogP contribution in [-0.4, -0.2) is 23.6 Å². The van der Waals surface area contributed by atoms with Crippen LogP contribution >= 0.6 is 0 Å². The molecule has 22 heavy (non-hydrogen) atoms. The fraction of sp³-hybridized carbons (Fsp3) is 0.667. The molecule has 0 aromatic carbocycles. The van der Waals surface area contributed by atoms with E-state index < -0.39 is 0 Å². The summed E-state index contributed by atoms with van der Waals surface area (Å²) in [6, 6.07) is 3.80. The number of nitrogens with zero attached hydrogens (tertiary/aromatic N) is 1.